The number of amides is 3. The number of anilines is 3. The number of rotatable bonds is 11. The first-order valence-corrected chi connectivity index (χ1v) is 14.6. The van der Waals surface area contributed by atoms with E-state index in [9.17, 15) is 24.3 Å². The molecule has 18 heteroatoms. The number of nitrogens with two attached hydrogens (primary N) is 2. The molecule has 3 aromatic rings. The highest BCUT2D eigenvalue weighted by Crippen LogP contribution is 2.40. The number of carbonyl (C=O) groups is 4. The zero-order valence-corrected chi connectivity index (χ0v) is 23.3. The van der Waals surface area contributed by atoms with Crippen molar-refractivity contribution in [1.82, 2.24) is 20.2 Å². The fraction of sp³-hybridized carbons (Fsp3) is 0.217. The quantitative estimate of drug-likeness (QED) is 0.0649. The van der Waals surface area contributed by atoms with Gasteiger partial charge in [0, 0.05) is 28.2 Å². The summed E-state index contributed by atoms with van der Waals surface area (Å²) in [6.45, 7) is 0.0790. The van der Waals surface area contributed by atoms with Gasteiger partial charge in [-0.1, -0.05) is 5.16 Å². The molecule has 0 radical (unpaired) electrons. The Bertz CT molecular complexity index is 1590. The number of carboxylic acid groups (broad SMARTS) is 1. The van der Waals surface area contributed by atoms with E-state index in [-0.39, 0.29) is 41.1 Å². The van der Waals surface area contributed by atoms with Crippen LogP contribution in [0.2, 0.25) is 0 Å². The van der Waals surface area contributed by atoms with Gasteiger partial charge in [-0.15, -0.1) is 34.4 Å². The largest absolute Gasteiger partial charge is 0.543 e. The fourth-order valence-corrected chi connectivity index (χ4v) is 6.58. The zero-order valence-electron chi connectivity index (χ0n) is 20.9. The van der Waals surface area contributed by atoms with E-state index in [0.29, 0.717) is 28.5 Å². The lowest BCUT2D eigenvalue weighted by molar-refractivity contribution is -0.688. The van der Waals surface area contributed by atoms with Gasteiger partial charge < -0.3 is 36.8 Å². The lowest BCUT2D eigenvalue weighted by atomic mass is 10.0. The number of β-lactam (4-membered cyclic amide) rings is 1. The number of fused-ring (bicyclic) bond motifs is 1. The number of aromatic nitrogens is 3. The van der Waals surface area contributed by atoms with Gasteiger partial charge in [-0.3, -0.25) is 19.3 Å². The van der Waals surface area contributed by atoms with E-state index in [1.165, 1.54) is 28.5 Å². The second kappa shape index (κ2) is 11.9. The molecule has 0 aromatic carbocycles. The van der Waals surface area contributed by atoms with Gasteiger partial charge in [0.15, 0.2) is 41.5 Å². The van der Waals surface area contributed by atoms with E-state index >= 15 is 0 Å². The Morgan fingerprint density at radius 2 is 2.05 bits per heavy atom. The Kier molecular flexibility index (Phi) is 8.13. The van der Waals surface area contributed by atoms with Gasteiger partial charge in [0.2, 0.25) is 6.41 Å². The Balaban J connectivity index is 1.32. The maximum Gasteiger partial charge on any atom is 0.276 e. The Morgan fingerprint density at radius 3 is 2.73 bits per heavy atom. The van der Waals surface area contributed by atoms with Crippen molar-refractivity contribution in [2.24, 2.45) is 5.16 Å². The molecule has 2 atom stereocenters. The van der Waals surface area contributed by atoms with Crippen LogP contribution in [0.3, 0.4) is 0 Å². The molecule has 15 nitrogen and oxygen atoms in total. The molecule has 2 aliphatic rings. The van der Waals surface area contributed by atoms with E-state index in [2.05, 4.69) is 25.8 Å². The molecule has 5 heterocycles. The number of nitrogens with zero attached hydrogens (tertiary/aromatic N) is 5. The van der Waals surface area contributed by atoms with Gasteiger partial charge in [-0.2, -0.15) is 4.57 Å². The maximum atomic E-state index is 13.2. The molecule has 3 aromatic heterocycles. The third-order valence-corrected chi connectivity index (χ3v) is 8.64. The van der Waals surface area contributed by atoms with Gasteiger partial charge in [-0.25, -0.2) is 9.97 Å². The molecule has 1 unspecified atom stereocenters. The molecule has 5 rings (SSSR count). The molecule has 0 aliphatic carbocycles. The summed E-state index contributed by atoms with van der Waals surface area (Å²) in [4.78, 5) is 63.8. The van der Waals surface area contributed by atoms with Gasteiger partial charge in [0.05, 0.1) is 17.4 Å². The summed E-state index contributed by atoms with van der Waals surface area (Å²) in [5.41, 5.74) is 12.5. The highest BCUT2D eigenvalue weighted by Gasteiger charge is 2.53. The number of oxime groups is 1. The van der Waals surface area contributed by atoms with Crippen LogP contribution in [0.1, 0.15) is 11.4 Å². The summed E-state index contributed by atoms with van der Waals surface area (Å²) in [7, 11) is 0. The minimum atomic E-state index is -1.51. The average Bonchev–Trinajstić information content (AvgIpc) is 3.57. The SMILES string of the molecule is Nc1nc(CO/N=C(\C(=O)NC2C(=O)N3C(C(=O)[O-])=C(C[n+]4cccc(NC=O)c4)CS[C@H]23)c2csc(N)n2)cs1. The van der Waals surface area contributed by atoms with Crippen LogP contribution in [-0.2, 0) is 37.2 Å². The van der Waals surface area contributed by atoms with Crippen molar-refractivity contribution in [3.05, 3.63) is 57.9 Å². The number of pyridine rings is 1. The molecule has 41 heavy (non-hydrogen) atoms. The number of carboxylic acids is 1. The number of hydrogen-bond acceptors (Lipinski definition) is 14. The maximum absolute atomic E-state index is 13.2. The number of thiazole rings is 2. The average molecular weight is 616 g/mol. The smallest absolute Gasteiger partial charge is 0.276 e. The monoisotopic (exact) mass is 615 g/mol. The number of nitrogens with one attached hydrogen (secondary N) is 2. The van der Waals surface area contributed by atoms with Crippen molar-refractivity contribution in [3.8, 4) is 0 Å². The van der Waals surface area contributed by atoms with Gasteiger partial charge in [-0.05, 0) is 6.07 Å². The highest BCUT2D eigenvalue weighted by molar-refractivity contribution is 8.00. The van der Waals surface area contributed by atoms with Crippen LogP contribution in [0.15, 0.2) is 51.7 Å². The normalized spacial score (nSPS) is 18.4. The number of carbonyl (C=O) groups excluding carboxylic acids is 4. The molecule has 0 bridgehead atoms. The van der Waals surface area contributed by atoms with Gasteiger partial charge in [0.25, 0.3) is 11.8 Å². The lowest BCUT2D eigenvalue weighted by Crippen LogP contribution is -2.71. The van der Waals surface area contributed by atoms with Gasteiger partial charge in [0.1, 0.15) is 22.8 Å². The summed E-state index contributed by atoms with van der Waals surface area (Å²) < 4.78 is 1.68. The summed E-state index contributed by atoms with van der Waals surface area (Å²) in [5, 5.41) is 24.3. The molecule has 0 saturated carbocycles. The third-order valence-electron chi connectivity index (χ3n) is 5.90. The second-order valence-corrected chi connectivity index (χ2v) is 11.5. The number of hydrogen-bond donors (Lipinski definition) is 4. The first-order chi connectivity index (χ1) is 19.7. The highest BCUT2D eigenvalue weighted by atomic mass is 32.2. The van der Waals surface area contributed by atoms with Gasteiger partial charge >= 0.3 is 0 Å². The van der Waals surface area contributed by atoms with E-state index in [4.69, 9.17) is 16.3 Å². The predicted octanol–water partition coefficient (Wildman–Crippen LogP) is -1.36. The van der Waals surface area contributed by atoms with Crippen molar-refractivity contribution in [2.45, 2.75) is 24.6 Å². The van der Waals surface area contributed by atoms with Crippen LogP contribution in [0.4, 0.5) is 16.0 Å². The van der Waals surface area contributed by atoms with Crippen molar-refractivity contribution >= 4 is 80.3 Å². The summed E-state index contributed by atoms with van der Waals surface area (Å²) in [5.74, 6) is -2.63. The summed E-state index contributed by atoms with van der Waals surface area (Å²) in [6.07, 6.45) is 3.86. The van der Waals surface area contributed by atoms with Crippen LogP contribution in [0, 0.1) is 0 Å². The molecule has 212 valence electrons. The van der Waals surface area contributed by atoms with Crippen molar-refractivity contribution in [3.63, 3.8) is 0 Å². The molecular weight excluding hydrogens is 595 g/mol. The second-order valence-electron chi connectivity index (χ2n) is 8.59. The molecule has 3 amide bonds. The molecule has 2 aliphatic heterocycles. The van der Waals surface area contributed by atoms with E-state index in [0.717, 1.165) is 16.2 Å². The Morgan fingerprint density at radius 1 is 1.27 bits per heavy atom. The standard InChI is InChI=1S/C23H21N9O6S3/c24-22-27-13(8-40-22)6-38-30-15(14-9-41-23(25)28-14)18(34)29-16-19(35)32-17(21(36)37)11(7-39-20(16)32)4-31-3-1-2-12(5-31)26-10-33/h1-3,5,8-10,16,20H,4,6-7H2,(H6-,24,25,26,27,28,29,33,34,36,37)/b30-15-/t16?,20-/m1/s1. The van der Waals surface area contributed by atoms with E-state index in [1.54, 1.807) is 34.5 Å². The van der Waals surface area contributed by atoms with Crippen LogP contribution in [-0.4, -0.2) is 61.9 Å². The first kappa shape index (κ1) is 28.0. The molecule has 1 saturated heterocycles. The van der Waals surface area contributed by atoms with Crippen LogP contribution in [0.25, 0.3) is 0 Å². The van der Waals surface area contributed by atoms with E-state index in [1.807, 2.05) is 0 Å². The fourth-order valence-electron chi connectivity index (χ4n) is 4.15. The Labute approximate surface area is 243 Å². The van der Waals surface area contributed by atoms with Crippen LogP contribution in [0.5, 0.6) is 0 Å². The van der Waals surface area contributed by atoms with Crippen molar-refractivity contribution in [1.29, 1.82) is 0 Å². The van der Waals surface area contributed by atoms with Crippen LogP contribution < -0.4 is 31.8 Å². The molecule has 0 spiro atoms. The third kappa shape index (κ3) is 5.98. The summed E-state index contributed by atoms with van der Waals surface area (Å²) in [6, 6.07) is 2.33. The zero-order chi connectivity index (χ0) is 29.1. The van der Waals surface area contributed by atoms with Crippen molar-refractivity contribution in [2.75, 3.05) is 22.5 Å². The molecular formula is C23H21N9O6S3. The molecule has 1 fully saturated rings. The van der Waals surface area contributed by atoms with Crippen molar-refractivity contribution < 1.29 is 33.7 Å². The molecule has 6 N–H and O–H groups in total. The minimum Gasteiger partial charge on any atom is -0.543 e. The number of nitrogen functional groups attached to an aromatic ring is 2. The predicted molar refractivity (Wildman–Crippen MR) is 148 cm³/mol. The number of thioether (sulfide) groups is 1. The topological polar surface area (TPSA) is 222 Å². The lowest BCUT2D eigenvalue weighted by Gasteiger charge is -2.50. The van der Waals surface area contributed by atoms with E-state index < -0.39 is 29.2 Å². The van der Waals surface area contributed by atoms with Crippen LogP contribution >= 0.6 is 34.4 Å². The first-order valence-electron chi connectivity index (χ1n) is 11.7. The minimum absolute atomic E-state index is 0.0621. The summed E-state index contributed by atoms with van der Waals surface area (Å²) >= 11 is 3.61. The Hall–Kier alpha value is -4.55. The number of aliphatic carboxylic acids is 1.